The molecular weight excluding hydrogens is 282 g/mol. The van der Waals surface area contributed by atoms with Crippen molar-refractivity contribution in [1.29, 1.82) is 0 Å². The number of unbranched alkanes of at least 4 members (excludes halogenated alkanes) is 6. The van der Waals surface area contributed by atoms with Crippen LogP contribution >= 0.6 is 0 Å². The molecule has 0 rings (SSSR count). The third kappa shape index (κ3) is 14.7. The van der Waals surface area contributed by atoms with Gasteiger partial charge in [-0.05, 0) is 18.8 Å². The van der Waals surface area contributed by atoms with Gasteiger partial charge in [0.1, 0.15) is 0 Å². The van der Waals surface area contributed by atoms with Crippen LogP contribution in [0.15, 0.2) is 0 Å². The molecule has 5 heteroatoms. The van der Waals surface area contributed by atoms with Crippen molar-refractivity contribution < 1.29 is 20.2 Å². The second-order valence-corrected chi connectivity index (χ2v) is 6.72. The Balaban J connectivity index is 3.15. The molecule has 22 heavy (non-hydrogen) atoms. The summed E-state index contributed by atoms with van der Waals surface area (Å²) in [7, 11) is 0. The van der Waals surface area contributed by atoms with E-state index in [4.69, 9.17) is 14.9 Å². The molecule has 0 aliphatic rings. The first-order valence-electron chi connectivity index (χ1n) is 8.83. The van der Waals surface area contributed by atoms with Crippen molar-refractivity contribution in [2.45, 2.75) is 84.5 Å². The summed E-state index contributed by atoms with van der Waals surface area (Å²) in [5.74, 6) is -1.34. The summed E-state index contributed by atoms with van der Waals surface area (Å²) in [6.07, 6.45) is 10.9. The highest BCUT2D eigenvalue weighted by atomic mass is 16.6. The Morgan fingerprint density at radius 2 is 1.36 bits per heavy atom. The number of rotatable bonds is 15. The molecule has 3 N–H and O–H groups in total. The summed E-state index contributed by atoms with van der Waals surface area (Å²) in [5.41, 5.74) is 0. The third-order valence-corrected chi connectivity index (χ3v) is 3.72. The van der Waals surface area contributed by atoms with Crippen LogP contribution in [0.1, 0.15) is 78.6 Å². The number of nitrogens with zero attached hydrogens (tertiary/aromatic N) is 1. The molecule has 0 fully saturated rings. The van der Waals surface area contributed by atoms with Crippen LogP contribution in [-0.4, -0.2) is 46.2 Å². The second kappa shape index (κ2) is 13.3. The molecule has 0 aliphatic heterocycles. The van der Waals surface area contributed by atoms with Gasteiger partial charge in [-0.15, -0.1) is 5.06 Å². The Hall–Kier alpha value is -0.200. The Bertz CT molecular complexity index is 241. The highest BCUT2D eigenvalue weighted by Gasteiger charge is 2.23. The molecule has 5 nitrogen and oxygen atoms in total. The van der Waals surface area contributed by atoms with Gasteiger partial charge in [-0.1, -0.05) is 58.8 Å². The van der Waals surface area contributed by atoms with Gasteiger partial charge in [0.2, 0.25) is 5.91 Å². The van der Waals surface area contributed by atoms with Gasteiger partial charge >= 0.3 is 0 Å². The third-order valence-electron chi connectivity index (χ3n) is 3.72. The Morgan fingerprint density at radius 1 is 0.864 bits per heavy atom. The van der Waals surface area contributed by atoms with Gasteiger partial charge in [0.25, 0.3) is 0 Å². The molecule has 0 spiro atoms. The van der Waals surface area contributed by atoms with Crippen molar-refractivity contribution in [3.63, 3.8) is 0 Å². The average molecular weight is 319 g/mol. The van der Waals surface area contributed by atoms with Crippen molar-refractivity contribution in [3.05, 3.63) is 0 Å². The summed E-state index contributed by atoms with van der Waals surface area (Å²) >= 11 is 0. The SMILES string of the molecule is CC(C)CCCCCCCCCOCCCN(O)C(C)(O)O. The van der Waals surface area contributed by atoms with Gasteiger partial charge in [-0.3, -0.25) is 0 Å². The predicted octanol–water partition coefficient (Wildman–Crippen LogP) is 3.52. The maximum absolute atomic E-state index is 9.26. The monoisotopic (exact) mass is 319 g/mol. The van der Waals surface area contributed by atoms with E-state index in [0.717, 1.165) is 25.9 Å². The zero-order valence-corrected chi connectivity index (χ0v) is 14.8. The van der Waals surface area contributed by atoms with Gasteiger partial charge in [-0.2, -0.15) is 0 Å². The maximum atomic E-state index is 9.26. The largest absolute Gasteiger partial charge is 0.381 e. The normalized spacial score (nSPS) is 12.5. The van der Waals surface area contributed by atoms with E-state index in [1.54, 1.807) is 0 Å². The number of hydroxylamine groups is 2. The predicted molar refractivity (Wildman–Crippen MR) is 88.5 cm³/mol. The second-order valence-electron chi connectivity index (χ2n) is 6.72. The molecule has 0 saturated carbocycles. The standard InChI is InChI=1S/C17H37NO4/c1-16(2)12-9-7-5-4-6-8-10-14-22-15-11-13-18(21)17(3,19)20/h16,19-21H,4-15H2,1-3H3. The number of hydrogen-bond donors (Lipinski definition) is 3. The quantitative estimate of drug-likeness (QED) is 0.245. The highest BCUT2D eigenvalue weighted by molar-refractivity contribution is 4.52. The van der Waals surface area contributed by atoms with E-state index < -0.39 is 5.91 Å². The van der Waals surface area contributed by atoms with Gasteiger partial charge in [0, 0.05) is 26.7 Å². The van der Waals surface area contributed by atoms with E-state index in [0.29, 0.717) is 18.1 Å². The van der Waals surface area contributed by atoms with Gasteiger partial charge in [0.05, 0.1) is 0 Å². The molecule has 0 unspecified atom stereocenters. The molecule has 0 saturated heterocycles. The molecule has 0 bridgehead atoms. The highest BCUT2D eigenvalue weighted by Crippen LogP contribution is 2.12. The lowest BCUT2D eigenvalue weighted by Crippen LogP contribution is -2.44. The Morgan fingerprint density at radius 3 is 1.91 bits per heavy atom. The van der Waals surface area contributed by atoms with E-state index in [1.807, 2.05) is 0 Å². The minimum absolute atomic E-state index is 0.180. The lowest BCUT2D eigenvalue weighted by atomic mass is 10.0. The Kier molecular flexibility index (Phi) is 13.1. The molecule has 0 heterocycles. The summed E-state index contributed by atoms with van der Waals surface area (Å²) in [5, 5.41) is 27.9. The molecule has 0 aliphatic carbocycles. The zero-order valence-electron chi connectivity index (χ0n) is 14.8. The van der Waals surface area contributed by atoms with Crippen LogP contribution in [0.2, 0.25) is 0 Å². The molecule has 0 atom stereocenters. The molecule has 0 aromatic carbocycles. The minimum Gasteiger partial charge on any atom is -0.381 e. The van der Waals surface area contributed by atoms with Crippen molar-refractivity contribution in [3.8, 4) is 0 Å². The molecule has 0 aromatic heterocycles. The summed E-state index contributed by atoms with van der Waals surface area (Å²) in [6, 6.07) is 0. The molecule has 0 radical (unpaired) electrons. The molecule has 134 valence electrons. The van der Waals surface area contributed by atoms with E-state index in [2.05, 4.69) is 13.8 Å². The number of hydrogen-bond acceptors (Lipinski definition) is 5. The van der Waals surface area contributed by atoms with Gasteiger partial charge < -0.3 is 20.2 Å². The molecule has 0 aromatic rings. The van der Waals surface area contributed by atoms with E-state index in [1.165, 1.54) is 44.9 Å². The number of aliphatic hydroxyl groups is 2. The first-order chi connectivity index (χ1) is 10.3. The van der Waals surface area contributed by atoms with Crippen LogP contribution < -0.4 is 0 Å². The maximum Gasteiger partial charge on any atom is 0.243 e. The van der Waals surface area contributed by atoms with E-state index in [-0.39, 0.29) is 6.54 Å². The van der Waals surface area contributed by atoms with Crippen molar-refractivity contribution in [2.75, 3.05) is 19.8 Å². The molecular formula is C17H37NO4. The zero-order chi connectivity index (χ0) is 16.8. The topological polar surface area (TPSA) is 73.2 Å². The van der Waals surface area contributed by atoms with Crippen LogP contribution in [0.3, 0.4) is 0 Å². The van der Waals surface area contributed by atoms with Crippen LogP contribution in [-0.2, 0) is 4.74 Å². The minimum atomic E-state index is -2.17. The van der Waals surface area contributed by atoms with Crippen LogP contribution in [0.5, 0.6) is 0 Å². The van der Waals surface area contributed by atoms with Crippen LogP contribution in [0.25, 0.3) is 0 Å². The van der Waals surface area contributed by atoms with Crippen molar-refractivity contribution in [1.82, 2.24) is 5.06 Å². The fourth-order valence-corrected chi connectivity index (χ4v) is 2.27. The summed E-state index contributed by atoms with van der Waals surface area (Å²) in [6.45, 7) is 7.14. The van der Waals surface area contributed by atoms with Gasteiger partial charge in [0.15, 0.2) is 0 Å². The lowest BCUT2D eigenvalue weighted by molar-refractivity contribution is -0.351. The average Bonchev–Trinajstić information content (AvgIpc) is 2.42. The van der Waals surface area contributed by atoms with Crippen LogP contribution in [0, 0.1) is 5.92 Å². The number of ether oxygens (including phenoxy) is 1. The van der Waals surface area contributed by atoms with Crippen LogP contribution in [0.4, 0.5) is 0 Å². The summed E-state index contributed by atoms with van der Waals surface area (Å²) < 4.78 is 5.47. The first kappa shape index (κ1) is 21.8. The van der Waals surface area contributed by atoms with Gasteiger partial charge in [-0.25, -0.2) is 0 Å². The van der Waals surface area contributed by atoms with E-state index >= 15 is 0 Å². The van der Waals surface area contributed by atoms with Crippen molar-refractivity contribution in [2.24, 2.45) is 5.92 Å². The fourth-order valence-electron chi connectivity index (χ4n) is 2.27. The van der Waals surface area contributed by atoms with Crippen molar-refractivity contribution >= 4 is 0 Å². The summed E-state index contributed by atoms with van der Waals surface area (Å²) in [4.78, 5) is 0. The van der Waals surface area contributed by atoms with E-state index in [9.17, 15) is 5.21 Å². The molecule has 0 amide bonds. The smallest absolute Gasteiger partial charge is 0.243 e. The first-order valence-corrected chi connectivity index (χ1v) is 8.83. The fraction of sp³-hybridized carbons (Fsp3) is 1.00. The lowest BCUT2D eigenvalue weighted by Gasteiger charge is -2.25. The Labute approximate surface area is 136 Å².